The fraction of sp³-hybridized carbons (Fsp3) is 0.476. The van der Waals surface area contributed by atoms with E-state index in [0.717, 1.165) is 18.7 Å². The van der Waals surface area contributed by atoms with Gasteiger partial charge in [-0.05, 0) is 12.5 Å². The molecule has 2 atom stereocenters. The first kappa shape index (κ1) is 20.7. The van der Waals surface area contributed by atoms with Gasteiger partial charge in [0.25, 0.3) is 0 Å². The molecule has 32 heavy (non-hydrogen) atoms. The number of carbonyl (C=O) groups excluding carboxylic acids is 1. The first-order valence-electron chi connectivity index (χ1n) is 10.5. The van der Waals surface area contributed by atoms with Gasteiger partial charge in [0, 0.05) is 44.4 Å². The molecule has 3 aromatic heterocycles. The maximum absolute atomic E-state index is 14.1. The smallest absolute Gasteiger partial charge is 0.303 e. The van der Waals surface area contributed by atoms with E-state index in [1.165, 1.54) is 4.68 Å². The number of carbonyl (C=O) groups is 1. The second kappa shape index (κ2) is 7.44. The molecule has 11 heteroatoms. The SMILES string of the molecule is CCc1cc(-n2nc(N3CC4CC(C3)O4)c3cnc(CC(N)=O)cc32)nc(C(C)(F)F)n1. The number of piperidine rings is 1. The highest BCUT2D eigenvalue weighted by atomic mass is 19.3. The molecule has 0 saturated carbocycles. The van der Waals surface area contributed by atoms with Crippen LogP contribution in [0.5, 0.6) is 0 Å². The molecule has 0 radical (unpaired) electrons. The number of aryl methyl sites for hydroxylation is 1. The summed E-state index contributed by atoms with van der Waals surface area (Å²) in [5.74, 6) is -3.36. The van der Waals surface area contributed by atoms with E-state index in [4.69, 9.17) is 15.6 Å². The number of halogens is 2. The lowest BCUT2D eigenvalue weighted by molar-refractivity contribution is -0.133. The molecule has 3 fully saturated rings. The van der Waals surface area contributed by atoms with E-state index in [1.807, 2.05) is 6.92 Å². The van der Waals surface area contributed by atoms with Crippen molar-refractivity contribution in [3.63, 3.8) is 0 Å². The number of fused-ring (bicyclic) bond motifs is 3. The number of amides is 1. The molecule has 3 aliphatic heterocycles. The van der Waals surface area contributed by atoms with E-state index >= 15 is 0 Å². The van der Waals surface area contributed by atoms with Crippen LogP contribution in [0.3, 0.4) is 0 Å². The molecule has 0 aromatic carbocycles. The predicted octanol–water partition coefficient (Wildman–Crippen LogP) is 1.89. The van der Waals surface area contributed by atoms with E-state index < -0.39 is 17.7 Å². The second-order valence-electron chi connectivity index (χ2n) is 8.38. The summed E-state index contributed by atoms with van der Waals surface area (Å²) in [4.78, 5) is 26.0. The number of alkyl halides is 2. The van der Waals surface area contributed by atoms with Crippen LogP contribution in [0.4, 0.5) is 14.6 Å². The number of hydrogen-bond donors (Lipinski definition) is 1. The lowest BCUT2D eigenvalue weighted by atomic mass is 9.99. The summed E-state index contributed by atoms with van der Waals surface area (Å²) in [6.45, 7) is 3.99. The van der Waals surface area contributed by atoms with Crippen LogP contribution in [-0.4, -0.2) is 55.9 Å². The van der Waals surface area contributed by atoms with Crippen LogP contribution in [0.2, 0.25) is 0 Å². The maximum Gasteiger partial charge on any atom is 0.303 e. The van der Waals surface area contributed by atoms with Crippen molar-refractivity contribution in [1.29, 1.82) is 0 Å². The lowest BCUT2D eigenvalue weighted by Crippen LogP contribution is -2.57. The molecule has 3 saturated heterocycles. The number of rotatable bonds is 6. The Labute approximate surface area is 182 Å². The third-order valence-corrected chi connectivity index (χ3v) is 5.75. The zero-order valence-electron chi connectivity index (χ0n) is 17.8. The van der Waals surface area contributed by atoms with Gasteiger partial charge in [0.2, 0.25) is 11.7 Å². The molecule has 3 aromatic rings. The molecule has 0 spiro atoms. The number of hydrogen-bond acceptors (Lipinski definition) is 7. The van der Waals surface area contributed by atoms with Gasteiger partial charge >= 0.3 is 5.92 Å². The van der Waals surface area contributed by atoms with Gasteiger partial charge in [-0.15, -0.1) is 5.10 Å². The van der Waals surface area contributed by atoms with Gasteiger partial charge in [0.15, 0.2) is 11.6 Å². The van der Waals surface area contributed by atoms with Crippen molar-refractivity contribution in [2.45, 2.75) is 51.2 Å². The third-order valence-electron chi connectivity index (χ3n) is 5.75. The van der Waals surface area contributed by atoms with Crippen LogP contribution in [0, 0.1) is 0 Å². The normalized spacial score (nSPS) is 20.4. The first-order valence-corrected chi connectivity index (χ1v) is 10.5. The average molecular weight is 443 g/mol. The van der Waals surface area contributed by atoms with Gasteiger partial charge in [0.05, 0.1) is 35.2 Å². The molecule has 6 rings (SSSR count). The summed E-state index contributed by atoms with van der Waals surface area (Å²) in [5.41, 5.74) is 6.90. The van der Waals surface area contributed by atoms with Gasteiger partial charge < -0.3 is 15.4 Å². The fourth-order valence-electron chi connectivity index (χ4n) is 4.22. The lowest BCUT2D eigenvalue weighted by Gasteiger charge is -2.47. The number of anilines is 1. The Morgan fingerprint density at radius 2 is 1.97 bits per heavy atom. The fourth-order valence-corrected chi connectivity index (χ4v) is 4.22. The van der Waals surface area contributed by atoms with E-state index in [1.54, 1.807) is 18.3 Å². The molecule has 0 aliphatic carbocycles. The van der Waals surface area contributed by atoms with Crippen molar-refractivity contribution in [3.8, 4) is 5.82 Å². The molecule has 2 N–H and O–H groups in total. The van der Waals surface area contributed by atoms with Crippen molar-refractivity contribution in [3.05, 3.63) is 35.5 Å². The van der Waals surface area contributed by atoms with Crippen LogP contribution in [0.1, 0.15) is 37.5 Å². The molecular formula is C21H23F2N7O2. The summed E-state index contributed by atoms with van der Waals surface area (Å²) in [6, 6.07) is 3.35. The van der Waals surface area contributed by atoms with Crippen molar-refractivity contribution in [2.75, 3.05) is 18.0 Å². The molecule has 2 bridgehead atoms. The number of ether oxygens (including phenoxy) is 1. The minimum absolute atomic E-state index is 0.0412. The van der Waals surface area contributed by atoms with E-state index in [9.17, 15) is 13.6 Å². The van der Waals surface area contributed by atoms with Crippen molar-refractivity contribution in [1.82, 2.24) is 24.7 Å². The Morgan fingerprint density at radius 3 is 2.59 bits per heavy atom. The van der Waals surface area contributed by atoms with Crippen molar-refractivity contribution in [2.24, 2.45) is 5.73 Å². The van der Waals surface area contributed by atoms with Gasteiger partial charge in [-0.25, -0.2) is 14.6 Å². The zero-order chi connectivity index (χ0) is 22.6. The number of primary amides is 1. The minimum Gasteiger partial charge on any atom is -0.371 e. The number of pyridine rings is 1. The van der Waals surface area contributed by atoms with Gasteiger partial charge in [-0.1, -0.05) is 6.92 Å². The van der Waals surface area contributed by atoms with Gasteiger partial charge in [0.1, 0.15) is 0 Å². The molecule has 3 aliphatic rings. The van der Waals surface area contributed by atoms with Crippen LogP contribution in [0.15, 0.2) is 18.3 Å². The summed E-state index contributed by atoms with van der Waals surface area (Å²) in [7, 11) is 0. The van der Waals surface area contributed by atoms with Crippen LogP contribution < -0.4 is 10.6 Å². The largest absolute Gasteiger partial charge is 0.371 e. The topological polar surface area (TPSA) is 112 Å². The van der Waals surface area contributed by atoms with Gasteiger partial charge in [-0.2, -0.15) is 8.78 Å². The van der Waals surface area contributed by atoms with Crippen molar-refractivity contribution < 1.29 is 18.3 Å². The van der Waals surface area contributed by atoms with E-state index in [0.29, 0.717) is 42.2 Å². The number of aromatic nitrogens is 5. The minimum atomic E-state index is -3.20. The number of nitrogens with two attached hydrogens (primary N) is 1. The van der Waals surface area contributed by atoms with Crippen LogP contribution in [-0.2, 0) is 28.3 Å². The Bertz CT molecular complexity index is 1190. The molecule has 168 valence electrons. The van der Waals surface area contributed by atoms with Crippen molar-refractivity contribution >= 4 is 22.6 Å². The summed E-state index contributed by atoms with van der Waals surface area (Å²) in [5, 5.41) is 5.49. The van der Waals surface area contributed by atoms with E-state index in [2.05, 4.69) is 19.9 Å². The monoisotopic (exact) mass is 443 g/mol. The molecular weight excluding hydrogens is 420 g/mol. The summed E-state index contributed by atoms with van der Waals surface area (Å²) >= 11 is 0. The standard InChI is InChI=1S/C21H23F2N7O2/c1-3-11-6-18(27-20(26-11)21(2,22)23)30-16-4-12(5-17(24)31)25-8-15(16)19(28-30)29-9-13-7-14(10-29)32-13/h4,6,8,13-14H,3,5,7,9-10H2,1-2H3,(H2,24,31). The van der Waals surface area contributed by atoms with Crippen LogP contribution in [0.25, 0.3) is 16.7 Å². The maximum atomic E-state index is 14.1. The highest BCUT2D eigenvalue weighted by Gasteiger charge is 2.40. The Kier molecular flexibility index (Phi) is 4.81. The highest BCUT2D eigenvalue weighted by Crippen LogP contribution is 2.35. The highest BCUT2D eigenvalue weighted by molar-refractivity contribution is 5.92. The predicted molar refractivity (Wildman–Crippen MR) is 112 cm³/mol. The Morgan fingerprint density at radius 1 is 1.25 bits per heavy atom. The van der Waals surface area contributed by atoms with Crippen LogP contribution >= 0.6 is 0 Å². The third kappa shape index (κ3) is 3.66. The first-order chi connectivity index (χ1) is 15.2. The molecule has 6 heterocycles. The zero-order valence-corrected chi connectivity index (χ0v) is 17.8. The molecule has 1 amide bonds. The Balaban J connectivity index is 1.68. The number of nitrogens with zero attached hydrogens (tertiary/aromatic N) is 6. The second-order valence-corrected chi connectivity index (χ2v) is 8.38. The summed E-state index contributed by atoms with van der Waals surface area (Å²) in [6.07, 6.45) is 3.41. The average Bonchev–Trinajstić information content (AvgIpc) is 3.11. The van der Waals surface area contributed by atoms with Gasteiger partial charge in [-0.3, -0.25) is 9.78 Å². The Hall–Kier alpha value is -3.21. The number of morpholine rings is 1. The quantitative estimate of drug-likeness (QED) is 0.619. The molecule has 9 nitrogen and oxygen atoms in total. The summed E-state index contributed by atoms with van der Waals surface area (Å²) < 4.78 is 35.4. The molecule has 2 unspecified atom stereocenters. The van der Waals surface area contributed by atoms with E-state index in [-0.39, 0.29) is 24.4 Å².